The van der Waals surface area contributed by atoms with E-state index in [4.69, 9.17) is 5.11 Å². The van der Waals surface area contributed by atoms with Crippen molar-refractivity contribution >= 4 is 0 Å². The molecule has 0 radical (unpaired) electrons. The molecule has 0 saturated carbocycles. The Morgan fingerprint density at radius 1 is 1.26 bits per heavy atom. The Kier molecular flexibility index (Phi) is 5.37. The lowest BCUT2D eigenvalue weighted by Crippen LogP contribution is -2.35. The van der Waals surface area contributed by atoms with Gasteiger partial charge in [0.15, 0.2) is 0 Å². The minimum absolute atomic E-state index is 0.0611. The van der Waals surface area contributed by atoms with Crippen molar-refractivity contribution in [3.8, 4) is 0 Å². The van der Waals surface area contributed by atoms with Gasteiger partial charge in [-0.3, -0.25) is 0 Å². The summed E-state index contributed by atoms with van der Waals surface area (Å²) in [5.74, 6) is 0. The summed E-state index contributed by atoms with van der Waals surface area (Å²) in [7, 11) is 0. The maximum absolute atomic E-state index is 10.5. The summed E-state index contributed by atoms with van der Waals surface area (Å²) in [4.78, 5) is 0. The highest BCUT2D eigenvalue weighted by molar-refractivity contribution is 5.36. The van der Waals surface area contributed by atoms with E-state index in [-0.39, 0.29) is 12.6 Å². The van der Waals surface area contributed by atoms with Gasteiger partial charge < -0.3 is 15.5 Å². The van der Waals surface area contributed by atoms with E-state index < -0.39 is 6.10 Å². The first-order chi connectivity index (χ1) is 9.26. The van der Waals surface area contributed by atoms with Crippen LogP contribution in [0, 0.1) is 0 Å². The van der Waals surface area contributed by atoms with Crippen molar-refractivity contribution < 1.29 is 10.2 Å². The topological polar surface area (TPSA) is 52.5 Å². The predicted octanol–water partition coefficient (Wildman–Crippen LogP) is 1.96. The molecule has 1 aliphatic carbocycles. The highest BCUT2D eigenvalue weighted by atomic mass is 16.3. The first-order valence-corrected chi connectivity index (χ1v) is 7.40. The van der Waals surface area contributed by atoms with Crippen molar-refractivity contribution in [3.63, 3.8) is 0 Å². The Hall–Kier alpha value is -0.900. The fraction of sp³-hybridized carbons (Fsp3) is 0.625. The van der Waals surface area contributed by atoms with E-state index in [1.165, 1.54) is 24.0 Å². The lowest BCUT2D eigenvalue weighted by atomic mass is 9.97. The fourth-order valence-electron chi connectivity index (χ4n) is 2.85. The number of fused-ring (bicyclic) bond motifs is 1. The normalized spacial score (nSPS) is 17.2. The molecule has 0 heterocycles. The van der Waals surface area contributed by atoms with Crippen molar-refractivity contribution in [3.05, 3.63) is 34.9 Å². The third kappa shape index (κ3) is 3.56. The van der Waals surface area contributed by atoms with Crippen molar-refractivity contribution in [1.82, 2.24) is 5.32 Å². The van der Waals surface area contributed by atoms with Crippen molar-refractivity contribution in [2.45, 2.75) is 51.2 Å². The minimum atomic E-state index is -0.463. The zero-order chi connectivity index (χ0) is 13.7. The van der Waals surface area contributed by atoms with E-state index >= 15 is 0 Å². The molecule has 106 valence electrons. The molecule has 3 N–H and O–H groups in total. The number of aliphatic hydroxyl groups excluding tert-OH is 2. The van der Waals surface area contributed by atoms with E-state index in [9.17, 15) is 5.11 Å². The smallest absolute Gasteiger partial charge is 0.0942 e. The summed E-state index contributed by atoms with van der Waals surface area (Å²) in [5.41, 5.74) is 3.86. The summed E-state index contributed by atoms with van der Waals surface area (Å²) >= 11 is 0. The molecule has 1 aliphatic rings. The Labute approximate surface area is 115 Å². The Morgan fingerprint density at radius 3 is 2.79 bits per heavy atom. The van der Waals surface area contributed by atoms with Gasteiger partial charge >= 0.3 is 0 Å². The molecule has 3 nitrogen and oxygen atoms in total. The second kappa shape index (κ2) is 7.04. The van der Waals surface area contributed by atoms with Gasteiger partial charge in [-0.2, -0.15) is 0 Å². The number of hydrogen-bond acceptors (Lipinski definition) is 3. The van der Waals surface area contributed by atoms with Crippen LogP contribution < -0.4 is 5.32 Å². The van der Waals surface area contributed by atoms with Crippen LogP contribution in [0.3, 0.4) is 0 Å². The molecule has 0 bridgehead atoms. The molecule has 0 amide bonds. The van der Waals surface area contributed by atoms with Gasteiger partial charge in [-0.15, -0.1) is 0 Å². The number of benzene rings is 1. The second-order valence-corrected chi connectivity index (χ2v) is 5.37. The van der Waals surface area contributed by atoms with Gasteiger partial charge in [0.1, 0.15) is 0 Å². The largest absolute Gasteiger partial charge is 0.396 e. The van der Waals surface area contributed by atoms with Crippen LogP contribution in [0.5, 0.6) is 0 Å². The summed E-state index contributed by atoms with van der Waals surface area (Å²) < 4.78 is 0. The SMILES string of the molecule is CCC(NCCCO)C(O)c1ccc2c(c1)CCC2. The van der Waals surface area contributed by atoms with Gasteiger partial charge in [0.2, 0.25) is 0 Å². The predicted molar refractivity (Wildman–Crippen MR) is 77.2 cm³/mol. The minimum Gasteiger partial charge on any atom is -0.396 e. The fourth-order valence-corrected chi connectivity index (χ4v) is 2.85. The van der Waals surface area contributed by atoms with E-state index in [1.807, 2.05) is 0 Å². The number of rotatable bonds is 7. The van der Waals surface area contributed by atoms with Gasteiger partial charge in [-0.25, -0.2) is 0 Å². The Bertz CT molecular complexity index is 406. The van der Waals surface area contributed by atoms with Crippen LogP contribution in [0.4, 0.5) is 0 Å². The second-order valence-electron chi connectivity index (χ2n) is 5.37. The molecule has 2 unspecified atom stereocenters. The maximum Gasteiger partial charge on any atom is 0.0942 e. The van der Waals surface area contributed by atoms with Gasteiger partial charge in [-0.1, -0.05) is 25.1 Å². The third-order valence-electron chi connectivity index (χ3n) is 4.03. The van der Waals surface area contributed by atoms with Crippen molar-refractivity contribution in [1.29, 1.82) is 0 Å². The number of aliphatic hydroxyl groups is 2. The van der Waals surface area contributed by atoms with Crippen LogP contribution in [0.2, 0.25) is 0 Å². The van der Waals surface area contributed by atoms with Crippen LogP contribution in [-0.2, 0) is 12.8 Å². The lowest BCUT2D eigenvalue weighted by Gasteiger charge is -2.24. The number of nitrogens with one attached hydrogen (secondary N) is 1. The van der Waals surface area contributed by atoms with Gasteiger partial charge in [-0.05, 0) is 55.3 Å². The molecule has 19 heavy (non-hydrogen) atoms. The van der Waals surface area contributed by atoms with E-state index in [0.29, 0.717) is 0 Å². The molecule has 1 aromatic rings. The van der Waals surface area contributed by atoms with Crippen LogP contribution in [0.15, 0.2) is 18.2 Å². The summed E-state index contributed by atoms with van der Waals surface area (Å²) in [5, 5.41) is 22.6. The number of hydrogen-bond donors (Lipinski definition) is 3. The first kappa shape index (κ1) is 14.5. The van der Waals surface area contributed by atoms with Crippen molar-refractivity contribution in [2.75, 3.05) is 13.2 Å². The molecule has 1 aromatic carbocycles. The maximum atomic E-state index is 10.5. The van der Waals surface area contributed by atoms with Crippen LogP contribution in [0.25, 0.3) is 0 Å². The Morgan fingerprint density at radius 2 is 2.05 bits per heavy atom. The van der Waals surface area contributed by atoms with E-state index in [1.54, 1.807) is 0 Å². The van der Waals surface area contributed by atoms with Crippen molar-refractivity contribution in [2.24, 2.45) is 0 Å². The molecule has 0 aliphatic heterocycles. The van der Waals surface area contributed by atoms with E-state index in [2.05, 4.69) is 30.4 Å². The van der Waals surface area contributed by atoms with Gasteiger partial charge in [0.05, 0.1) is 6.10 Å². The average Bonchev–Trinajstić information content (AvgIpc) is 2.90. The standard InChI is InChI=1S/C16H25NO2/c1-2-15(17-9-4-10-18)16(19)14-8-7-12-5-3-6-13(12)11-14/h7-8,11,15-19H,2-6,9-10H2,1H3. The van der Waals surface area contributed by atoms with E-state index in [0.717, 1.165) is 31.4 Å². The first-order valence-electron chi connectivity index (χ1n) is 7.40. The highest BCUT2D eigenvalue weighted by Crippen LogP contribution is 2.27. The molecule has 3 heteroatoms. The average molecular weight is 263 g/mol. The summed E-state index contributed by atoms with van der Waals surface area (Å²) in [6.07, 6.45) is 4.70. The summed E-state index contributed by atoms with van der Waals surface area (Å²) in [6, 6.07) is 6.46. The molecular formula is C16H25NO2. The molecule has 2 rings (SSSR count). The van der Waals surface area contributed by atoms with Crippen LogP contribution in [0.1, 0.15) is 49.0 Å². The molecule has 0 fully saturated rings. The molecule has 0 aromatic heterocycles. The van der Waals surface area contributed by atoms with Crippen LogP contribution in [-0.4, -0.2) is 29.4 Å². The molecule has 0 spiro atoms. The van der Waals surface area contributed by atoms with Crippen LogP contribution >= 0.6 is 0 Å². The monoisotopic (exact) mass is 263 g/mol. The molecule has 0 saturated heterocycles. The Balaban J connectivity index is 2.02. The quantitative estimate of drug-likeness (QED) is 0.659. The highest BCUT2D eigenvalue weighted by Gasteiger charge is 2.20. The molecular weight excluding hydrogens is 238 g/mol. The van der Waals surface area contributed by atoms with Gasteiger partial charge in [0, 0.05) is 12.6 Å². The lowest BCUT2D eigenvalue weighted by molar-refractivity contribution is 0.124. The zero-order valence-electron chi connectivity index (χ0n) is 11.7. The molecule has 2 atom stereocenters. The van der Waals surface area contributed by atoms with Gasteiger partial charge in [0.25, 0.3) is 0 Å². The zero-order valence-corrected chi connectivity index (χ0v) is 11.7. The summed E-state index contributed by atoms with van der Waals surface area (Å²) in [6.45, 7) is 3.02. The number of aryl methyl sites for hydroxylation is 2. The third-order valence-corrected chi connectivity index (χ3v) is 4.03.